The summed E-state index contributed by atoms with van der Waals surface area (Å²) in [7, 11) is 0. The quantitative estimate of drug-likeness (QED) is 0.755. The zero-order valence-corrected chi connectivity index (χ0v) is 8.70. The van der Waals surface area contributed by atoms with Gasteiger partial charge in [0, 0.05) is 19.2 Å². The lowest BCUT2D eigenvalue weighted by Crippen LogP contribution is -2.11. The van der Waals surface area contributed by atoms with Crippen LogP contribution in [0.2, 0.25) is 0 Å². The summed E-state index contributed by atoms with van der Waals surface area (Å²) in [5, 5.41) is 15.2. The van der Waals surface area contributed by atoms with Crippen molar-refractivity contribution in [3.05, 3.63) is 30.2 Å². The van der Waals surface area contributed by atoms with Crippen LogP contribution in [0.25, 0.3) is 0 Å². The van der Waals surface area contributed by atoms with Crippen LogP contribution in [0.3, 0.4) is 0 Å². The van der Waals surface area contributed by atoms with Crippen LogP contribution in [0.5, 0.6) is 0 Å². The van der Waals surface area contributed by atoms with E-state index in [-0.39, 0.29) is 11.6 Å². The fourth-order valence-electron chi connectivity index (χ4n) is 1.15. The maximum Gasteiger partial charge on any atom is 0.354 e. The minimum absolute atomic E-state index is 0.0536. The predicted octanol–water partition coefficient (Wildman–Crippen LogP) is 0.212. The third-order valence-electron chi connectivity index (χ3n) is 1.91. The predicted molar refractivity (Wildman–Crippen MR) is 55.5 cm³/mol. The van der Waals surface area contributed by atoms with Crippen LogP contribution in [-0.2, 0) is 6.42 Å². The lowest BCUT2D eigenvalue weighted by molar-refractivity contribution is 0.0690. The molecule has 17 heavy (non-hydrogen) atoms. The van der Waals surface area contributed by atoms with Gasteiger partial charge < -0.3 is 14.9 Å². The number of aromatic nitrogens is 4. The number of hydrogen-bond acceptors (Lipinski definition) is 7. The Morgan fingerprint density at radius 2 is 2.35 bits per heavy atom. The standard InChI is InChI=1S/C9H9N5O3/c15-8(16)6-1-3-10-9(13-6)11-4-2-7-12-5-17-14-7/h1,3,5H,2,4H2,(H,15,16)(H,10,11,13). The van der Waals surface area contributed by atoms with Crippen molar-refractivity contribution in [2.24, 2.45) is 0 Å². The van der Waals surface area contributed by atoms with Gasteiger partial charge in [0.1, 0.15) is 0 Å². The highest BCUT2D eigenvalue weighted by atomic mass is 16.5. The molecule has 0 aliphatic carbocycles. The number of carboxylic acids is 1. The minimum Gasteiger partial charge on any atom is -0.477 e. The first-order valence-electron chi connectivity index (χ1n) is 4.81. The first kappa shape index (κ1) is 11.0. The summed E-state index contributed by atoms with van der Waals surface area (Å²) in [6.45, 7) is 0.489. The zero-order valence-electron chi connectivity index (χ0n) is 8.70. The van der Waals surface area contributed by atoms with Gasteiger partial charge in [0.25, 0.3) is 0 Å². The minimum atomic E-state index is -1.09. The average molecular weight is 235 g/mol. The number of nitrogens with zero attached hydrogens (tertiary/aromatic N) is 4. The number of aromatic carboxylic acids is 1. The molecule has 0 aliphatic rings. The van der Waals surface area contributed by atoms with Crippen LogP contribution in [0.15, 0.2) is 23.2 Å². The fourth-order valence-corrected chi connectivity index (χ4v) is 1.15. The van der Waals surface area contributed by atoms with E-state index >= 15 is 0 Å². The van der Waals surface area contributed by atoms with Crippen LogP contribution in [0, 0.1) is 0 Å². The van der Waals surface area contributed by atoms with Crippen molar-refractivity contribution in [3.63, 3.8) is 0 Å². The average Bonchev–Trinajstić information content (AvgIpc) is 2.82. The van der Waals surface area contributed by atoms with E-state index in [1.807, 2.05) is 0 Å². The Balaban J connectivity index is 1.90. The Labute approximate surface area is 95.7 Å². The van der Waals surface area contributed by atoms with Gasteiger partial charge in [0.05, 0.1) is 0 Å². The highest BCUT2D eigenvalue weighted by Gasteiger charge is 2.06. The molecule has 2 N–H and O–H groups in total. The molecule has 0 aliphatic heterocycles. The van der Waals surface area contributed by atoms with E-state index in [4.69, 9.17) is 5.11 Å². The van der Waals surface area contributed by atoms with Gasteiger partial charge >= 0.3 is 5.97 Å². The number of carbonyl (C=O) groups is 1. The maximum atomic E-state index is 10.7. The van der Waals surface area contributed by atoms with Gasteiger partial charge in [-0.25, -0.2) is 14.8 Å². The van der Waals surface area contributed by atoms with Crippen LogP contribution in [0.4, 0.5) is 5.95 Å². The molecule has 88 valence electrons. The molecular formula is C9H9N5O3. The fraction of sp³-hybridized carbons (Fsp3) is 0.222. The maximum absolute atomic E-state index is 10.7. The summed E-state index contributed by atoms with van der Waals surface area (Å²) < 4.78 is 4.57. The van der Waals surface area contributed by atoms with Crippen molar-refractivity contribution < 1.29 is 14.4 Å². The van der Waals surface area contributed by atoms with E-state index in [0.717, 1.165) is 0 Å². The molecule has 2 aromatic heterocycles. The molecule has 0 saturated heterocycles. The van der Waals surface area contributed by atoms with Gasteiger partial charge in [-0.2, -0.15) is 4.98 Å². The highest BCUT2D eigenvalue weighted by Crippen LogP contribution is 2.00. The Kier molecular flexibility index (Phi) is 3.24. The number of hydrogen-bond donors (Lipinski definition) is 2. The Bertz CT molecular complexity index is 499. The third kappa shape index (κ3) is 2.97. The molecule has 0 amide bonds. The molecule has 0 bridgehead atoms. The molecule has 0 radical (unpaired) electrons. The molecule has 0 saturated carbocycles. The Hall–Kier alpha value is -2.51. The summed E-state index contributed by atoms with van der Waals surface area (Å²) in [6, 6.07) is 1.33. The summed E-state index contributed by atoms with van der Waals surface area (Å²) in [5.41, 5.74) is -0.0536. The second kappa shape index (κ2) is 5.01. The van der Waals surface area contributed by atoms with Gasteiger partial charge in [0.2, 0.25) is 12.3 Å². The van der Waals surface area contributed by atoms with Crippen molar-refractivity contribution in [3.8, 4) is 0 Å². The Morgan fingerprint density at radius 1 is 1.47 bits per heavy atom. The summed E-state index contributed by atoms with van der Waals surface area (Å²) in [4.78, 5) is 22.2. The first-order chi connectivity index (χ1) is 8.25. The summed E-state index contributed by atoms with van der Waals surface area (Å²) in [5.74, 6) is -0.270. The van der Waals surface area contributed by atoms with Crippen molar-refractivity contribution >= 4 is 11.9 Å². The smallest absolute Gasteiger partial charge is 0.354 e. The zero-order chi connectivity index (χ0) is 12.1. The van der Waals surface area contributed by atoms with Crippen LogP contribution >= 0.6 is 0 Å². The van der Waals surface area contributed by atoms with E-state index in [1.54, 1.807) is 0 Å². The van der Waals surface area contributed by atoms with Crippen molar-refractivity contribution in [2.75, 3.05) is 11.9 Å². The van der Waals surface area contributed by atoms with Gasteiger partial charge in [-0.15, -0.1) is 0 Å². The molecule has 0 atom stereocenters. The monoisotopic (exact) mass is 235 g/mol. The lowest BCUT2D eigenvalue weighted by atomic mass is 10.4. The van der Waals surface area contributed by atoms with Crippen LogP contribution in [-0.4, -0.2) is 37.7 Å². The van der Waals surface area contributed by atoms with E-state index < -0.39 is 5.97 Å². The normalized spacial score (nSPS) is 10.1. The molecule has 8 heteroatoms. The summed E-state index contributed by atoms with van der Waals surface area (Å²) in [6.07, 6.45) is 3.17. The van der Waals surface area contributed by atoms with E-state index in [2.05, 4.69) is 29.9 Å². The molecule has 2 rings (SSSR count). The second-order valence-corrected chi connectivity index (χ2v) is 3.09. The molecule has 2 heterocycles. The number of rotatable bonds is 5. The van der Waals surface area contributed by atoms with Crippen molar-refractivity contribution in [1.29, 1.82) is 0 Å². The van der Waals surface area contributed by atoms with Crippen LogP contribution in [0.1, 0.15) is 16.3 Å². The van der Waals surface area contributed by atoms with Gasteiger partial charge in [-0.1, -0.05) is 5.16 Å². The van der Waals surface area contributed by atoms with Gasteiger partial charge in [-0.05, 0) is 6.07 Å². The number of nitrogens with one attached hydrogen (secondary N) is 1. The number of carboxylic acid groups (broad SMARTS) is 1. The van der Waals surface area contributed by atoms with Crippen molar-refractivity contribution in [2.45, 2.75) is 6.42 Å². The molecule has 0 unspecified atom stereocenters. The molecule has 0 spiro atoms. The third-order valence-corrected chi connectivity index (χ3v) is 1.91. The SMILES string of the molecule is O=C(O)c1ccnc(NCCc2ncon2)n1. The molecule has 0 aromatic carbocycles. The molecular weight excluding hydrogens is 226 g/mol. The highest BCUT2D eigenvalue weighted by molar-refractivity contribution is 5.85. The van der Waals surface area contributed by atoms with E-state index in [9.17, 15) is 4.79 Å². The largest absolute Gasteiger partial charge is 0.477 e. The van der Waals surface area contributed by atoms with E-state index in [0.29, 0.717) is 18.8 Å². The van der Waals surface area contributed by atoms with Crippen molar-refractivity contribution in [1.82, 2.24) is 20.1 Å². The topological polar surface area (TPSA) is 114 Å². The van der Waals surface area contributed by atoms with Gasteiger partial charge in [-0.3, -0.25) is 0 Å². The van der Waals surface area contributed by atoms with E-state index in [1.165, 1.54) is 18.7 Å². The summed E-state index contributed by atoms with van der Waals surface area (Å²) >= 11 is 0. The molecule has 8 nitrogen and oxygen atoms in total. The lowest BCUT2D eigenvalue weighted by Gasteiger charge is -2.02. The molecule has 2 aromatic rings. The number of anilines is 1. The van der Waals surface area contributed by atoms with Gasteiger partial charge in [0.15, 0.2) is 11.5 Å². The first-order valence-corrected chi connectivity index (χ1v) is 4.81. The second-order valence-electron chi connectivity index (χ2n) is 3.09. The Morgan fingerprint density at radius 3 is 3.06 bits per heavy atom. The molecule has 0 fully saturated rings. The van der Waals surface area contributed by atoms with Crippen LogP contribution < -0.4 is 5.32 Å².